The molecule has 0 aliphatic carbocycles. The molecular weight excluding hydrogens is 206 g/mol. The minimum atomic E-state index is -0.491. The summed E-state index contributed by atoms with van der Waals surface area (Å²) in [6.07, 6.45) is 0.990. The smallest absolute Gasteiger partial charge is 0.347 e. The molecule has 0 saturated carbocycles. The van der Waals surface area contributed by atoms with Crippen molar-refractivity contribution in [2.24, 2.45) is 0 Å². The molecule has 1 aliphatic rings. The Labute approximate surface area is 94.3 Å². The van der Waals surface area contributed by atoms with Gasteiger partial charge in [-0.1, -0.05) is 6.07 Å². The van der Waals surface area contributed by atoms with E-state index in [2.05, 4.69) is 0 Å². The van der Waals surface area contributed by atoms with Gasteiger partial charge in [0.1, 0.15) is 5.75 Å². The fraction of sp³-hybridized carbons (Fsp3) is 0.417. The van der Waals surface area contributed by atoms with Gasteiger partial charge in [0, 0.05) is 11.8 Å². The van der Waals surface area contributed by atoms with E-state index in [-0.39, 0.29) is 5.97 Å². The SMILES string of the molecule is CCOC(=O)C1CCc2ccc(N)cc2O1. The molecule has 0 saturated heterocycles. The fourth-order valence-corrected chi connectivity index (χ4v) is 1.79. The van der Waals surface area contributed by atoms with Crippen LogP contribution in [-0.4, -0.2) is 18.7 Å². The van der Waals surface area contributed by atoms with Gasteiger partial charge in [-0.05, 0) is 31.4 Å². The highest BCUT2D eigenvalue weighted by molar-refractivity contribution is 5.75. The molecule has 16 heavy (non-hydrogen) atoms. The number of nitrogen functional groups attached to an aromatic ring is 1. The molecule has 1 atom stereocenters. The van der Waals surface area contributed by atoms with Gasteiger partial charge in [-0.25, -0.2) is 4.79 Å². The van der Waals surface area contributed by atoms with Crippen molar-refractivity contribution in [3.63, 3.8) is 0 Å². The van der Waals surface area contributed by atoms with Crippen molar-refractivity contribution >= 4 is 11.7 Å². The first-order valence-electron chi connectivity index (χ1n) is 5.42. The summed E-state index contributed by atoms with van der Waals surface area (Å²) in [5.74, 6) is 0.403. The van der Waals surface area contributed by atoms with Crippen LogP contribution in [0.15, 0.2) is 18.2 Å². The first-order valence-corrected chi connectivity index (χ1v) is 5.42. The third-order valence-electron chi connectivity index (χ3n) is 2.59. The molecule has 86 valence electrons. The maximum absolute atomic E-state index is 11.5. The number of esters is 1. The monoisotopic (exact) mass is 221 g/mol. The Morgan fingerprint density at radius 2 is 2.44 bits per heavy atom. The number of nitrogens with two attached hydrogens (primary N) is 1. The maximum atomic E-state index is 11.5. The summed E-state index contributed by atoms with van der Waals surface area (Å²) in [4.78, 5) is 11.5. The molecule has 4 heteroatoms. The molecule has 0 spiro atoms. The second-order valence-corrected chi connectivity index (χ2v) is 3.76. The molecule has 0 radical (unpaired) electrons. The number of aryl methyl sites for hydroxylation is 1. The number of anilines is 1. The van der Waals surface area contributed by atoms with Crippen LogP contribution in [0.25, 0.3) is 0 Å². The zero-order valence-electron chi connectivity index (χ0n) is 9.23. The van der Waals surface area contributed by atoms with Gasteiger partial charge in [0.15, 0.2) is 6.10 Å². The topological polar surface area (TPSA) is 61.5 Å². The molecule has 4 nitrogen and oxygen atoms in total. The van der Waals surface area contributed by atoms with E-state index in [4.69, 9.17) is 15.2 Å². The van der Waals surface area contributed by atoms with Crippen molar-refractivity contribution < 1.29 is 14.3 Å². The summed E-state index contributed by atoms with van der Waals surface area (Å²) in [5.41, 5.74) is 7.40. The van der Waals surface area contributed by atoms with Crippen molar-refractivity contribution in [3.8, 4) is 5.75 Å². The minimum Gasteiger partial charge on any atom is -0.478 e. The van der Waals surface area contributed by atoms with Gasteiger partial charge in [0.05, 0.1) is 6.61 Å². The predicted molar refractivity (Wildman–Crippen MR) is 60.2 cm³/mol. The highest BCUT2D eigenvalue weighted by atomic mass is 16.6. The first kappa shape index (κ1) is 10.8. The van der Waals surface area contributed by atoms with Crippen LogP contribution in [0.4, 0.5) is 5.69 Å². The van der Waals surface area contributed by atoms with Crippen LogP contribution >= 0.6 is 0 Å². The maximum Gasteiger partial charge on any atom is 0.347 e. The largest absolute Gasteiger partial charge is 0.478 e. The van der Waals surface area contributed by atoms with Crippen LogP contribution in [0.1, 0.15) is 18.9 Å². The number of carbonyl (C=O) groups is 1. The molecule has 1 aromatic rings. The second kappa shape index (κ2) is 4.43. The Morgan fingerprint density at radius 3 is 3.19 bits per heavy atom. The van der Waals surface area contributed by atoms with Gasteiger partial charge in [0.2, 0.25) is 0 Å². The summed E-state index contributed by atoms with van der Waals surface area (Å²) in [5, 5.41) is 0. The molecule has 0 aromatic heterocycles. The summed E-state index contributed by atoms with van der Waals surface area (Å²) < 4.78 is 10.5. The number of ether oxygens (including phenoxy) is 2. The molecule has 1 unspecified atom stereocenters. The number of hydrogen-bond acceptors (Lipinski definition) is 4. The molecule has 2 rings (SSSR count). The van der Waals surface area contributed by atoms with E-state index in [0.717, 1.165) is 12.0 Å². The van der Waals surface area contributed by atoms with Gasteiger partial charge in [0.25, 0.3) is 0 Å². The molecule has 1 aromatic carbocycles. The number of hydrogen-bond donors (Lipinski definition) is 1. The van der Waals surface area contributed by atoms with E-state index in [1.165, 1.54) is 0 Å². The van der Waals surface area contributed by atoms with Crippen LogP contribution in [0.2, 0.25) is 0 Å². The van der Waals surface area contributed by atoms with Crippen LogP contribution in [0, 0.1) is 0 Å². The first-order chi connectivity index (χ1) is 7.70. The lowest BCUT2D eigenvalue weighted by Gasteiger charge is -2.24. The summed E-state index contributed by atoms with van der Waals surface area (Å²) >= 11 is 0. The van der Waals surface area contributed by atoms with Gasteiger partial charge in [-0.2, -0.15) is 0 Å². The molecular formula is C12H15NO3. The molecule has 1 aliphatic heterocycles. The van der Waals surface area contributed by atoms with E-state index in [1.54, 1.807) is 13.0 Å². The van der Waals surface area contributed by atoms with E-state index in [1.807, 2.05) is 12.1 Å². The highest BCUT2D eigenvalue weighted by Crippen LogP contribution is 2.29. The average Bonchev–Trinajstić information content (AvgIpc) is 2.28. The van der Waals surface area contributed by atoms with Gasteiger partial charge >= 0.3 is 5.97 Å². The van der Waals surface area contributed by atoms with Gasteiger partial charge < -0.3 is 15.2 Å². The normalized spacial score (nSPS) is 18.4. The molecule has 0 bridgehead atoms. The zero-order chi connectivity index (χ0) is 11.5. The molecule has 0 amide bonds. The molecule has 0 fully saturated rings. The van der Waals surface area contributed by atoms with E-state index in [0.29, 0.717) is 24.5 Å². The Bertz CT molecular complexity index is 403. The van der Waals surface area contributed by atoms with Crippen LogP contribution < -0.4 is 10.5 Å². The highest BCUT2D eigenvalue weighted by Gasteiger charge is 2.27. The zero-order valence-corrected chi connectivity index (χ0v) is 9.23. The predicted octanol–water partition coefficient (Wildman–Crippen LogP) is 1.53. The van der Waals surface area contributed by atoms with Crippen molar-refractivity contribution in [3.05, 3.63) is 23.8 Å². The van der Waals surface area contributed by atoms with Crippen molar-refractivity contribution in [2.45, 2.75) is 25.9 Å². The number of rotatable bonds is 2. The van der Waals surface area contributed by atoms with Crippen molar-refractivity contribution in [2.75, 3.05) is 12.3 Å². The summed E-state index contributed by atoms with van der Waals surface area (Å²) in [6, 6.07) is 5.53. The second-order valence-electron chi connectivity index (χ2n) is 3.76. The third-order valence-corrected chi connectivity index (χ3v) is 2.59. The average molecular weight is 221 g/mol. The Hall–Kier alpha value is -1.71. The quantitative estimate of drug-likeness (QED) is 0.607. The van der Waals surface area contributed by atoms with Crippen LogP contribution in [0.5, 0.6) is 5.75 Å². The number of benzene rings is 1. The Morgan fingerprint density at radius 1 is 1.62 bits per heavy atom. The Balaban J connectivity index is 2.13. The lowest BCUT2D eigenvalue weighted by molar-refractivity contribution is -0.152. The minimum absolute atomic E-state index is 0.296. The summed E-state index contributed by atoms with van der Waals surface area (Å²) in [6.45, 7) is 2.16. The lowest BCUT2D eigenvalue weighted by Crippen LogP contribution is -2.32. The van der Waals surface area contributed by atoms with Crippen LogP contribution in [0.3, 0.4) is 0 Å². The number of carbonyl (C=O) groups excluding carboxylic acids is 1. The van der Waals surface area contributed by atoms with Crippen LogP contribution in [-0.2, 0) is 16.0 Å². The van der Waals surface area contributed by atoms with Gasteiger partial charge in [-0.15, -0.1) is 0 Å². The van der Waals surface area contributed by atoms with Gasteiger partial charge in [-0.3, -0.25) is 0 Å². The van der Waals surface area contributed by atoms with E-state index in [9.17, 15) is 4.79 Å². The third kappa shape index (κ3) is 2.10. The molecule has 1 heterocycles. The van der Waals surface area contributed by atoms with Crippen molar-refractivity contribution in [1.82, 2.24) is 0 Å². The summed E-state index contributed by atoms with van der Waals surface area (Å²) in [7, 11) is 0. The molecule has 2 N–H and O–H groups in total. The lowest BCUT2D eigenvalue weighted by atomic mass is 10.0. The van der Waals surface area contributed by atoms with Crippen molar-refractivity contribution in [1.29, 1.82) is 0 Å². The standard InChI is InChI=1S/C12H15NO3/c1-2-15-12(14)10-6-4-8-3-5-9(13)7-11(8)16-10/h3,5,7,10H,2,4,6,13H2,1H3. The fourth-order valence-electron chi connectivity index (χ4n) is 1.79. The van der Waals surface area contributed by atoms with E-state index < -0.39 is 6.10 Å². The Kier molecular flexibility index (Phi) is 2.99. The van der Waals surface area contributed by atoms with E-state index >= 15 is 0 Å². The number of fused-ring (bicyclic) bond motifs is 1.